The SMILES string of the molecule is CCC(C)c1cc2c(-c3cc(C(C)(C)C)cc(C(C)(C)C)c3)c(C)ccc2[cH-]1.CCC(C)c1cc2c(-c3cc(C(C)(C)C)cc(C(C)(C)C)c3)c(C)ccc2[cH-]1.[Cl][Zr][Cl].[c-]1cccc2c1[Si]c1ccccc1-2. The maximum absolute atomic E-state index is 4.93. The molecule has 0 spiro atoms. The molecular formula is C68H81Cl2SiZr-3. The number of benzene rings is 6. The minimum atomic E-state index is -0.826. The van der Waals surface area contributed by atoms with E-state index in [9.17, 15) is 0 Å². The van der Waals surface area contributed by atoms with Gasteiger partial charge in [-0.1, -0.05) is 217 Å². The van der Waals surface area contributed by atoms with Gasteiger partial charge in [-0.3, -0.25) is 0 Å². The van der Waals surface area contributed by atoms with Crippen molar-refractivity contribution in [2.24, 2.45) is 0 Å². The van der Waals surface area contributed by atoms with Gasteiger partial charge in [-0.05, 0) is 80.7 Å². The molecule has 2 unspecified atom stereocenters. The molecule has 0 fully saturated rings. The predicted octanol–water partition coefficient (Wildman–Crippen LogP) is 19.8. The number of fused-ring (bicyclic) bond motifs is 5. The van der Waals surface area contributed by atoms with Crippen LogP contribution in [-0.2, 0) is 42.5 Å². The molecule has 1 aliphatic rings. The number of hydrogen-bond donors (Lipinski definition) is 0. The maximum Gasteiger partial charge on any atom is 0.0920 e. The van der Waals surface area contributed by atoms with Crippen molar-refractivity contribution in [2.45, 2.75) is 171 Å². The molecule has 8 aromatic rings. The van der Waals surface area contributed by atoms with Crippen LogP contribution in [0.5, 0.6) is 0 Å². The summed E-state index contributed by atoms with van der Waals surface area (Å²) in [7, 11) is 10.7. The van der Waals surface area contributed by atoms with E-state index in [4.69, 9.17) is 17.0 Å². The molecule has 72 heavy (non-hydrogen) atoms. The van der Waals surface area contributed by atoms with Crippen molar-refractivity contribution in [1.29, 1.82) is 0 Å². The van der Waals surface area contributed by atoms with E-state index in [1.807, 2.05) is 6.07 Å². The molecular weight excluding hydrogens is 1010 g/mol. The van der Waals surface area contributed by atoms with Crippen LogP contribution < -0.4 is 10.4 Å². The van der Waals surface area contributed by atoms with Gasteiger partial charge >= 0.3 is 37.9 Å². The van der Waals surface area contributed by atoms with Crippen LogP contribution in [0.2, 0.25) is 0 Å². The summed E-state index contributed by atoms with van der Waals surface area (Å²) >= 11 is -0.826. The van der Waals surface area contributed by atoms with Crippen molar-refractivity contribution in [1.82, 2.24) is 0 Å². The Labute approximate surface area is 458 Å². The molecule has 0 amide bonds. The Kier molecular flexibility index (Phi) is 18.7. The summed E-state index contributed by atoms with van der Waals surface area (Å²) in [6, 6.07) is 51.5. The first-order valence-electron chi connectivity index (χ1n) is 26.3. The van der Waals surface area contributed by atoms with Gasteiger partial charge in [0.05, 0.1) is 9.52 Å². The molecule has 4 heteroatoms. The Bertz CT molecular complexity index is 2840. The van der Waals surface area contributed by atoms with Crippen molar-refractivity contribution < 1.29 is 20.8 Å². The molecule has 1 aliphatic heterocycles. The van der Waals surface area contributed by atoms with E-state index in [0.717, 1.165) is 9.52 Å². The Hall–Kier alpha value is -3.78. The molecule has 378 valence electrons. The number of rotatable bonds is 6. The Morgan fingerprint density at radius 3 is 1.26 bits per heavy atom. The van der Waals surface area contributed by atoms with Crippen LogP contribution >= 0.6 is 17.0 Å². The molecule has 0 aliphatic carbocycles. The van der Waals surface area contributed by atoms with Gasteiger partial charge in [0.25, 0.3) is 0 Å². The van der Waals surface area contributed by atoms with Crippen LogP contribution in [0.15, 0.2) is 127 Å². The van der Waals surface area contributed by atoms with Crippen LogP contribution in [-0.4, -0.2) is 9.52 Å². The van der Waals surface area contributed by atoms with Crippen LogP contribution in [0.1, 0.15) is 180 Å². The quantitative estimate of drug-likeness (QED) is 0.115. The molecule has 0 N–H and O–H groups in total. The fourth-order valence-corrected chi connectivity index (χ4v) is 10.9. The average Bonchev–Trinajstić information content (AvgIpc) is 4.06. The molecule has 0 saturated heterocycles. The van der Waals surface area contributed by atoms with Crippen LogP contribution in [0.25, 0.3) is 54.9 Å². The third-order valence-corrected chi connectivity index (χ3v) is 16.2. The van der Waals surface area contributed by atoms with Crippen molar-refractivity contribution in [3.63, 3.8) is 0 Å². The van der Waals surface area contributed by atoms with Gasteiger partial charge in [0.2, 0.25) is 0 Å². The zero-order valence-corrected chi connectivity index (χ0v) is 51.9. The summed E-state index contributed by atoms with van der Waals surface area (Å²) in [5.74, 6) is 1.21. The fourth-order valence-electron chi connectivity index (χ4n) is 9.64. The van der Waals surface area contributed by atoms with E-state index in [1.165, 1.54) is 123 Å². The molecule has 2 radical (unpaired) electrons. The fraction of sp³-hybridized carbons (Fsp3) is 0.382. The van der Waals surface area contributed by atoms with E-state index in [2.05, 4.69) is 252 Å². The zero-order chi connectivity index (χ0) is 53.1. The molecule has 0 bridgehead atoms. The van der Waals surface area contributed by atoms with Gasteiger partial charge in [0.1, 0.15) is 0 Å². The third kappa shape index (κ3) is 13.5. The van der Waals surface area contributed by atoms with Crippen molar-refractivity contribution >= 4 is 58.5 Å². The van der Waals surface area contributed by atoms with Crippen molar-refractivity contribution in [3.05, 3.63) is 178 Å². The molecule has 0 aromatic heterocycles. The smallest absolute Gasteiger partial charge is 0.0920 e. The van der Waals surface area contributed by atoms with Gasteiger partial charge in [-0.25, -0.2) is 0 Å². The Morgan fingerprint density at radius 1 is 0.514 bits per heavy atom. The van der Waals surface area contributed by atoms with Gasteiger partial charge in [-0.2, -0.15) is 41.6 Å². The number of aryl methyl sites for hydroxylation is 2. The summed E-state index contributed by atoms with van der Waals surface area (Å²) in [6.45, 7) is 41.5. The summed E-state index contributed by atoms with van der Waals surface area (Å²) in [5, 5.41) is 8.37. The van der Waals surface area contributed by atoms with Crippen LogP contribution in [0.4, 0.5) is 0 Å². The van der Waals surface area contributed by atoms with Gasteiger partial charge in [0, 0.05) is 0 Å². The molecule has 9 rings (SSSR count). The topological polar surface area (TPSA) is 0 Å². The van der Waals surface area contributed by atoms with Crippen LogP contribution in [0, 0.1) is 19.9 Å². The Balaban J connectivity index is 0.000000181. The zero-order valence-electron chi connectivity index (χ0n) is 46.9. The van der Waals surface area contributed by atoms with Crippen molar-refractivity contribution in [2.75, 3.05) is 0 Å². The number of halogens is 2. The summed E-state index contributed by atoms with van der Waals surface area (Å²) < 4.78 is 0. The minimum absolute atomic E-state index is 0.131. The molecule has 0 saturated carbocycles. The molecule has 1 heterocycles. The van der Waals surface area contributed by atoms with E-state index in [-0.39, 0.29) is 21.7 Å². The first-order chi connectivity index (χ1) is 33.7. The van der Waals surface area contributed by atoms with E-state index in [0.29, 0.717) is 11.8 Å². The third-order valence-electron chi connectivity index (χ3n) is 14.8. The molecule has 8 aromatic carbocycles. The minimum Gasteiger partial charge on any atom is -0.184 e. The Morgan fingerprint density at radius 2 is 0.889 bits per heavy atom. The van der Waals surface area contributed by atoms with Crippen LogP contribution in [0.3, 0.4) is 0 Å². The first-order valence-corrected chi connectivity index (χ1v) is 33.6. The van der Waals surface area contributed by atoms with Gasteiger partial charge < -0.3 is 0 Å². The maximum atomic E-state index is 4.93. The summed E-state index contributed by atoms with van der Waals surface area (Å²) in [5.41, 5.74) is 20.1. The average molecular weight is 1090 g/mol. The monoisotopic (exact) mass is 1090 g/mol. The second-order valence-electron chi connectivity index (χ2n) is 24.5. The summed E-state index contributed by atoms with van der Waals surface area (Å²) in [4.78, 5) is 0. The second-order valence-corrected chi connectivity index (χ2v) is 29.5. The predicted molar refractivity (Wildman–Crippen MR) is 319 cm³/mol. The molecule has 2 atom stereocenters. The van der Waals surface area contributed by atoms with Gasteiger partial charge in [0.15, 0.2) is 0 Å². The van der Waals surface area contributed by atoms with Crippen molar-refractivity contribution in [3.8, 4) is 33.4 Å². The van der Waals surface area contributed by atoms with Gasteiger partial charge in [-0.15, -0.1) is 74.6 Å². The largest absolute Gasteiger partial charge is 0.184 e. The normalized spacial score (nSPS) is 13.2. The first kappa shape index (κ1) is 57.5. The van der Waals surface area contributed by atoms with E-state index < -0.39 is 20.8 Å². The standard InChI is InChI=1S/2C28H37.C12H7Si.2ClH.Zr/c2*1-10-18(2)21-13-20-12-11-19(3)26(25(20)16-21)22-14-23(27(4,5)6)17-24(15-22)28(7,8)9;1-3-7-11-9(5-1)10-6-2-4-8-12(10)13-11;;;/h2*11-18H,10H2,1-9H3;1-7H;2*1H;/q3*-1;;;+2/p-2. The summed E-state index contributed by atoms with van der Waals surface area (Å²) in [6.07, 6.45) is 2.36. The van der Waals surface area contributed by atoms with E-state index >= 15 is 0 Å². The van der Waals surface area contributed by atoms with E-state index in [1.54, 1.807) is 0 Å². The second kappa shape index (κ2) is 23.4. The molecule has 0 nitrogen and oxygen atoms in total. The number of hydrogen-bond acceptors (Lipinski definition) is 0.